The van der Waals surface area contributed by atoms with E-state index in [9.17, 15) is 29.4 Å². The van der Waals surface area contributed by atoms with E-state index in [0.717, 1.165) is 5.56 Å². The van der Waals surface area contributed by atoms with Crippen molar-refractivity contribution in [2.45, 2.75) is 64.8 Å². The number of nitrogens with zero attached hydrogens (tertiary/aromatic N) is 1. The zero-order valence-corrected chi connectivity index (χ0v) is 24.2. The zero-order valence-electron chi connectivity index (χ0n) is 23.4. The summed E-state index contributed by atoms with van der Waals surface area (Å²) in [6.07, 6.45) is -1.43. The number of rotatable bonds is 10. The Morgan fingerprint density at radius 2 is 1.73 bits per heavy atom. The van der Waals surface area contributed by atoms with Crippen LogP contribution in [0.5, 0.6) is 5.75 Å². The number of amides is 3. The van der Waals surface area contributed by atoms with Gasteiger partial charge in [-0.05, 0) is 69.9 Å². The summed E-state index contributed by atoms with van der Waals surface area (Å²) in [4.78, 5) is 51.9. The van der Waals surface area contributed by atoms with Crippen molar-refractivity contribution < 1.29 is 34.1 Å². The summed E-state index contributed by atoms with van der Waals surface area (Å²) in [6, 6.07) is 10.3. The molecule has 1 aliphatic rings. The predicted octanol–water partition coefficient (Wildman–Crippen LogP) is 2.29. The van der Waals surface area contributed by atoms with Gasteiger partial charge in [-0.1, -0.05) is 30.3 Å². The Kier molecular flexibility index (Phi) is 10.2. The van der Waals surface area contributed by atoms with Gasteiger partial charge in [0.2, 0.25) is 5.91 Å². The van der Waals surface area contributed by atoms with Crippen LogP contribution in [0.25, 0.3) is 0 Å². The molecule has 40 heavy (non-hydrogen) atoms. The Balaban J connectivity index is 1.75. The summed E-state index contributed by atoms with van der Waals surface area (Å²) < 4.78 is 5.71. The summed E-state index contributed by atoms with van der Waals surface area (Å²) >= 11 is 1.42. The molecule has 2 aromatic carbocycles. The van der Waals surface area contributed by atoms with E-state index in [1.807, 2.05) is 51.1 Å². The van der Waals surface area contributed by atoms with Crippen LogP contribution in [-0.4, -0.2) is 80.8 Å². The van der Waals surface area contributed by atoms with Crippen molar-refractivity contribution in [2.24, 2.45) is 0 Å². The highest BCUT2D eigenvalue weighted by atomic mass is 32.2. The molecular formula is C29H37N3O7S. The molecule has 0 unspecified atom stereocenters. The van der Waals surface area contributed by atoms with E-state index in [4.69, 9.17) is 4.74 Å². The average Bonchev–Trinajstić information content (AvgIpc) is 3.37. The quantitative estimate of drug-likeness (QED) is 0.340. The van der Waals surface area contributed by atoms with Crippen LogP contribution in [0.15, 0.2) is 42.5 Å². The highest BCUT2D eigenvalue weighted by molar-refractivity contribution is 7.99. The van der Waals surface area contributed by atoms with Crippen LogP contribution in [0.4, 0.5) is 0 Å². The molecule has 11 heteroatoms. The third-order valence-electron chi connectivity index (χ3n) is 6.30. The van der Waals surface area contributed by atoms with E-state index in [1.54, 1.807) is 13.8 Å². The lowest BCUT2D eigenvalue weighted by Gasteiger charge is -2.31. The fraction of sp³-hybridized carbons (Fsp3) is 0.448. The summed E-state index contributed by atoms with van der Waals surface area (Å²) in [5, 5.41) is 26.1. The second-order valence-corrected chi connectivity index (χ2v) is 11.9. The lowest BCUT2D eigenvalue weighted by Crippen LogP contribution is -2.58. The van der Waals surface area contributed by atoms with Crippen molar-refractivity contribution in [3.05, 3.63) is 64.7 Å². The first-order chi connectivity index (χ1) is 18.8. The van der Waals surface area contributed by atoms with Crippen molar-refractivity contribution in [1.82, 2.24) is 15.5 Å². The second kappa shape index (κ2) is 13.2. The van der Waals surface area contributed by atoms with E-state index in [0.29, 0.717) is 22.6 Å². The topological polar surface area (TPSA) is 145 Å². The van der Waals surface area contributed by atoms with Gasteiger partial charge in [0.15, 0.2) is 12.7 Å². The van der Waals surface area contributed by atoms with Crippen molar-refractivity contribution in [3.8, 4) is 5.75 Å². The van der Waals surface area contributed by atoms with Crippen LogP contribution >= 0.6 is 11.8 Å². The normalized spacial score (nSPS) is 16.6. The van der Waals surface area contributed by atoms with Gasteiger partial charge in [0.05, 0.1) is 17.5 Å². The minimum absolute atomic E-state index is 0.117. The molecule has 3 rings (SSSR count). The van der Waals surface area contributed by atoms with Crippen LogP contribution in [-0.2, 0) is 20.8 Å². The molecule has 1 heterocycles. The van der Waals surface area contributed by atoms with Gasteiger partial charge in [-0.25, -0.2) is 4.79 Å². The first-order valence-electron chi connectivity index (χ1n) is 13.0. The van der Waals surface area contributed by atoms with Crippen LogP contribution in [0.2, 0.25) is 0 Å². The van der Waals surface area contributed by atoms with E-state index in [-0.39, 0.29) is 23.8 Å². The molecular weight excluding hydrogens is 534 g/mol. The number of aliphatic hydroxyl groups excluding tert-OH is 1. The van der Waals surface area contributed by atoms with E-state index in [2.05, 4.69) is 10.6 Å². The molecule has 1 saturated heterocycles. The Morgan fingerprint density at radius 3 is 2.30 bits per heavy atom. The number of aryl methyl sites for hydroxylation is 2. The van der Waals surface area contributed by atoms with E-state index >= 15 is 0 Å². The third kappa shape index (κ3) is 8.22. The van der Waals surface area contributed by atoms with Gasteiger partial charge in [-0.15, -0.1) is 11.8 Å². The number of carbonyl (C=O) groups is 4. The van der Waals surface area contributed by atoms with Crippen molar-refractivity contribution in [1.29, 1.82) is 0 Å². The maximum absolute atomic E-state index is 13.4. The van der Waals surface area contributed by atoms with Crippen LogP contribution in [0, 0.1) is 13.8 Å². The Labute approximate surface area is 238 Å². The summed E-state index contributed by atoms with van der Waals surface area (Å²) in [6.45, 7) is 8.53. The summed E-state index contributed by atoms with van der Waals surface area (Å²) in [5.41, 5.74) is 1.56. The minimum Gasteiger partial charge on any atom is -0.483 e. The number of aliphatic hydroxyl groups is 1. The van der Waals surface area contributed by atoms with Crippen molar-refractivity contribution >= 4 is 35.5 Å². The number of ether oxygens (including phenoxy) is 1. The number of carboxylic acids is 1. The lowest BCUT2D eigenvalue weighted by atomic mass is 9.99. The average molecular weight is 572 g/mol. The molecule has 1 fully saturated rings. The molecule has 216 valence electrons. The Bertz CT molecular complexity index is 1220. The molecule has 2 aromatic rings. The molecule has 3 atom stereocenters. The molecule has 4 N–H and O–H groups in total. The fourth-order valence-electron chi connectivity index (χ4n) is 4.47. The first-order valence-corrected chi connectivity index (χ1v) is 14.1. The predicted molar refractivity (Wildman–Crippen MR) is 152 cm³/mol. The fourth-order valence-corrected chi connectivity index (χ4v) is 5.63. The standard InChI is InChI=1S/C29H37N3O7S/c1-17-11-20(28(37)38)12-18(2)25(17)39-14-23(33)30-21(13-19-9-7-6-8-10-19)24(34)27(36)32-16-40-15-22(32)26(35)31-29(3,4)5/h6-12,21-22,24,34H,13-16H2,1-5H3,(H,30,33)(H,31,35)(H,37,38)/t21-,22-,24-/m0/s1. The van der Waals surface area contributed by atoms with Crippen LogP contribution in [0.1, 0.15) is 47.8 Å². The van der Waals surface area contributed by atoms with Crippen molar-refractivity contribution in [2.75, 3.05) is 18.2 Å². The second-order valence-electron chi connectivity index (χ2n) is 10.9. The SMILES string of the molecule is Cc1cc(C(=O)O)cc(C)c1OCC(=O)N[C@@H](Cc1ccccc1)[C@H](O)C(=O)N1CSC[C@H]1C(=O)NC(C)(C)C. The largest absolute Gasteiger partial charge is 0.483 e. The third-order valence-corrected chi connectivity index (χ3v) is 7.31. The molecule has 10 nitrogen and oxygen atoms in total. The number of aromatic carboxylic acids is 1. The number of hydrogen-bond acceptors (Lipinski definition) is 7. The summed E-state index contributed by atoms with van der Waals surface area (Å²) in [5.74, 6) is -1.52. The van der Waals surface area contributed by atoms with Gasteiger partial charge >= 0.3 is 5.97 Å². The number of benzene rings is 2. The zero-order chi connectivity index (χ0) is 29.6. The molecule has 1 aliphatic heterocycles. The lowest BCUT2D eigenvalue weighted by molar-refractivity contribution is -0.147. The molecule has 0 saturated carbocycles. The maximum atomic E-state index is 13.4. The minimum atomic E-state index is -1.61. The van der Waals surface area contributed by atoms with Gasteiger partial charge < -0.3 is 30.5 Å². The maximum Gasteiger partial charge on any atom is 0.335 e. The summed E-state index contributed by atoms with van der Waals surface area (Å²) in [7, 11) is 0. The highest BCUT2D eigenvalue weighted by Gasteiger charge is 2.40. The number of hydrogen-bond donors (Lipinski definition) is 4. The number of carboxylic acid groups (broad SMARTS) is 1. The smallest absolute Gasteiger partial charge is 0.335 e. The van der Waals surface area contributed by atoms with E-state index in [1.165, 1.54) is 28.8 Å². The van der Waals surface area contributed by atoms with Gasteiger partial charge in [0.25, 0.3) is 11.8 Å². The molecule has 0 bridgehead atoms. The number of nitrogens with one attached hydrogen (secondary N) is 2. The van der Waals surface area contributed by atoms with Gasteiger partial charge in [0, 0.05) is 11.3 Å². The number of thioether (sulfide) groups is 1. The first kappa shape index (κ1) is 31.0. The Hall–Kier alpha value is -3.57. The highest BCUT2D eigenvalue weighted by Crippen LogP contribution is 2.26. The molecule has 0 aromatic heterocycles. The molecule has 0 aliphatic carbocycles. The molecule has 3 amide bonds. The van der Waals surface area contributed by atoms with Gasteiger partial charge in [-0.2, -0.15) is 0 Å². The monoisotopic (exact) mass is 571 g/mol. The van der Waals surface area contributed by atoms with E-state index < -0.39 is 48.1 Å². The number of carbonyl (C=O) groups excluding carboxylic acids is 3. The van der Waals surface area contributed by atoms with Crippen molar-refractivity contribution in [3.63, 3.8) is 0 Å². The van der Waals surface area contributed by atoms with Gasteiger partial charge in [-0.3, -0.25) is 14.4 Å². The molecule has 0 radical (unpaired) electrons. The Morgan fingerprint density at radius 1 is 1.10 bits per heavy atom. The van der Waals surface area contributed by atoms with Crippen LogP contribution in [0.3, 0.4) is 0 Å². The van der Waals surface area contributed by atoms with Gasteiger partial charge in [0.1, 0.15) is 11.8 Å². The molecule has 0 spiro atoms. The van der Waals surface area contributed by atoms with Crippen LogP contribution < -0.4 is 15.4 Å².